The van der Waals surface area contributed by atoms with Crippen LogP contribution in [0.1, 0.15) is 64.0 Å². The molecule has 1 aromatic heterocycles. The highest BCUT2D eigenvalue weighted by Crippen LogP contribution is 2.31. The predicted molar refractivity (Wildman–Crippen MR) is 95.1 cm³/mol. The van der Waals surface area contributed by atoms with E-state index in [2.05, 4.69) is 40.6 Å². The van der Waals surface area contributed by atoms with E-state index in [4.69, 9.17) is 0 Å². The zero-order valence-corrected chi connectivity index (χ0v) is 14.9. The average Bonchev–Trinajstić information content (AvgIpc) is 3.09. The summed E-state index contributed by atoms with van der Waals surface area (Å²) >= 11 is 0. The van der Waals surface area contributed by atoms with Crippen LogP contribution in [0.3, 0.4) is 0 Å². The van der Waals surface area contributed by atoms with Crippen molar-refractivity contribution < 1.29 is 4.79 Å². The van der Waals surface area contributed by atoms with E-state index in [1.807, 2.05) is 12.3 Å². The first-order valence-corrected chi connectivity index (χ1v) is 9.36. The Morgan fingerprint density at radius 2 is 2.25 bits per heavy atom. The van der Waals surface area contributed by atoms with E-state index in [1.54, 1.807) is 6.20 Å². The Hall–Kier alpha value is -1.46. The molecule has 5 nitrogen and oxygen atoms in total. The quantitative estimate of drug-likeness (QED) is 0.872. The zero-order chi connectivity index (χ0) is 16.9. The van der Waals surface area contributed by atoms with Crippen LogP contribution in [0.2, 0.25) is 0 Å². The molecule has 3 atom stereocenters. The van der Waals surface area contributed by atoms with E-state index in [-0.39, 0.29) is 18.0 Å². The number of pyridine rings is 1. The molecule has 0 saturated carbocycles. The Bertz CT molecular complexity index is 533. The van der Waals surface area contributed by atoms with Gasteiger partial charge in [0.25, 0.3) is 0 Å². The van der Waals surface area contributed by atoms with Crippen LogP contribution in [0.25, 0.3) is 0 Å². The Kier molecular flexibility index (Phi) is 5.85. The number of aromatic nitrogens is 1. The summed E-state index contributed by atoms with van der Waals surface area (Å²) in [7, 11) is 0. The lowest BCUT2D eigenvalue weighted by molar-refractivity contribution is -0.137. The summed E-state index contributed by atoms with van der Waals surface area (Å²) in [6, 6.07) is 4.54. The molecule has 1 aromatic rings. The van der Waals surface area contributed by atoms with Crippen LogP contribution < -0.4 is 10.9 Å². The van der Waals surface area contributed by atoms with Crippen LogP contribution in [0.5, 0.6) is 0 Å². The molecule has 0 aromatic carbocycles. The topological polar surface area (TPSA) is 57.3 Å². The number of carbonyl (C=O) groups is 1. The fourth-order valence-electron chi connectivity index (χ4n) is 3.82. The van der Waals surface area contributed by atoms with Gasteiger partial charge in [-0.05, 0) is 56.1 Å². The van der Waals surface area contributed by atoms with Crippen LogP contribution in [0, 0.1) is 5.92 Å². The SMILES string of the molecule is CC(C)CCC1CC(C(=O)N2CCCC[C@@H]2c2cccnc2)NN1. The third-order valence-corrected chi connectivity index (χ3v) is 5.23. The normalized spacial score (nSPS) is 27.6. The summed E-state index contributed by atoms with van der Waals surface area (Å²) in [5.74, 6) is 0.946. The molecule has 2 N–H and O–H groups in total. The van der Waals surface area contributed by atoms with Crippen molar-refractivity contribution in [1.82, 2.24) is 20.7 Å². The highest BCUT2D eigenvalue weighted by atomic mass is 16.2. The van der Waals surface area contributed by atoms with E-state index < -0.39 is 0 Å². The second-order valence-electron chi connectivity index (χ2n) is 7.57. The van der Waals surface area contributed by atoms with Gasteiger partial charge in [0.1, 0.15) is 6.04 Å². The number of carbonyl (C=O) groups excluding carboxylic acids is 1. The molecule has 3 rings (SSSR count). The fraction of sp³-hybridized carbons (Fsp3) is 0.684. The molecule has 1 amide bonds. The van der Waals surface area contributed by atoms with Crippen LogP contribution in [0.15, 0.2) is 24.5 Å². The van der Waals surface area contributed by atoms with Gasteiger partial charge in [0.2, 0.25) is 5.91 Å². The number of rotatable bonds is 5. The summed E-state index contributed by atoms with van der Waals surface area (Å²) in [5, 5.41) is 0. The highest BCUT2D eigenvalue weighted by Gasteiger charge is 2.36. The minimum absolute atomic E-state index is 0.0977. The maximum atomic E-state index is 13.1. The third-order valence-electron chi connectivity index (χ3n) is 5.23. The molecule has 2 saturated heterocycles. The first kappa shape index (κ1) is 17.4. The Balaban J connectivity index is 1.63. The predicted octanol–water partition coefficient (Wildman–Crippen LogP) is 2.81. The largest absolute Gasteiger partial charge is 0.334 e. The van der Waals surface area contributed by atoms with Gasteiger partial charge in [-0.25, -0.2) is 5.43 Å². The van der Waals surface area contributed by atoms with Gasteiger partial charge >= 0.3 is 0 Å². The van der Waals surface area contributed by atoms with E-state index >= 15 is 0 Å². The van der Waals surface area contributed by atoms with Gasteiger partial charge in [0.05, 0.1) is 6.04 Å². The summed E-state index contributed by atoms with van der Waals surface area (Å²) in [6.45, 7) is 5.35. The maximum absolute atomic E-state index is 13.1. The molecule has 2 aliphatic rings. The number of hydrogen-bond acceptors (Lipinski definition) is 4. The molecular formula is C19H30N4O. The molecule has 2 fully saturated rings. The first-order chi connectivity index (χ1) is 11.6. The number of nitrogens with zero attached hydrogens (tertiary/aromatic N) is 2. The van der Waals surface area contributed by atoms with Gasteiger partial charge in [0, 0.05) is 25.0 Å². The fourth-order valence-corrected chi connectivity index (χ4v) is 3.82. The van der Waals surface area contributed by atoms with Crippen molar-refractivity contribution >= 4 is 5.91 Å². The van der Waals surface area contributed by atoms with Crippen LogP contribution in [-0.4, -0.2) is 34.4 Å². The molecule has 3 heterocycles. The second-order valence-corrected chi connectivity index (χ2v) is 7.57. The number of hydrogen-bond donors (Lipinski definition) is 2. The van der Waals surface area contributed by atoms with E-state index in [9.17, 15) is 4.79 Å². The lowest BCUT2D eigenvalue weighted by Gasteiger charge is -2.37. The van der Waals surface area contributed by atoms with Gasteiger partial charge in [-0.1, -0.05) is 19.9 Å². The molecule has 2 unspecified atom stereocenters. The Morgan fingerprint density at radius 1 is 1.38 bits per heavy atom. The van der Waals surface area contributed by atoms with Crippen molar-refractivity contribution in [3.05, 3.63) is 30.1 Å². The molecule has 132 valence electrons. The minimum atomic E-state index is -0.0977. The molecule has 2 aliphatic heterocycles. The van der Waals surface area contributed by atoms with Gasteiger partial charge in [-0.3, -0.25) is 15.2 Å². The zero-order valence-electron chi connectivity index (χ0n) is 14.9. The van der Waals surface area contributed by atoms with Crippen LogP contribution in [-0.2, 0) is 4.79 Å². The summed E-state index contributed by atoms with van der Waals surface area (Å²) in [4.78, 5) is 19.4. The summed E-state index contributed by atoms with van der Waals surface area (Å²) < 4.78 is 0. The average molecular weight is 330 g/mol. The molecule has 0 radical (unpaired) electrons. The number of likely N-dealkylation sites (tertiary alicyclic amines) is 1. The molecule has 0 bridgehead atoms. The van der Waals surface area contributed by atoms with Gasteiger partial charge in [-0.2, -0.15) is 0 Å². The number of nitrogens with one attached hydrogen (secondary N) is 2. The third kappa shape index (κ3) is 4.14. The number of hydrazine groups is 1. The van der Waals surface area contributed by atoms with Crippen molar-refractivity contribution in [2.45, 2.75) is 70.5 Å². The lowest BCUT2D eigenvalue weighted by Crippen LogP contribution is -2.48. The molecule has 5 heteroatoms. The molecule has 0 spiro atoms. The molecular weight excluding hydrogens is 300 g/mol. The van der Waals surface area contributed by atoms with Crippen molar-refractivity contribution in [3.63, 3.8) is 0 Å². The van der Waals surface area contributed by atoms with E-state index in [1.165, 1.54) is 12.8 Å². The highest BCUT2D eigenvalue weighted by molar-refractivity contribution is 5.82. The Labute approximate surface area is 145 Å². The summed E-state index contributed by atoms with van der Waals surface area (Å²) in [6.07, 6.45) is 10.2. The maximum Gasteiger partial charge on any atom is 0.241 e. The van der Waals surface area contributed by atoms with Crippen molar-refractivity contribution in [3.8, 4) is 0 Å². The van der Waals surface area contributed by atoms with Gasteiger partial charge in [-0.15, -0.1) is 0 Å². The molecule has 24 heavy (non-hydrogen) atoms. The molecule has 0 aliphatic carbocycles. The van der Waals surface area contributed by atoms with Gasteiger partial charge in [0.15, 0.2) is 0 Å². The monoisotopic (exact) mass is 330 g/mol. The van der Waals surface area contributed by atoms with E-state index in [0.29, 0.717) is 12.0 Å². The van der Waals surface area contributed by atoms with Crippen LogP contribution in [0.4, 0.5) is 0 Å². The summed E-state index contributed by atoms with van der Waals surface area (Å²) in [5.41, 5.74) is 7.73. The minimum Gasteiger partial charge on any atom is -0.334 e. The Morgan fingerprint density at radius 3 is 3.00 bits per heavy atom. The second kappa shape index (κ2) is 8.08. The van der Waals surface area contributed by atoms with Crippen molar-refractivity contribution in [2.24, 2.45) is 5.92 Å². The smallest absolute Gasteiger partial charge is 0.241 e. The first-order valence-electron chi connectivity index (χ1n) is 9.36. The van der Waals surface area contributed by atoms with Crippen molar-refractivity contribution in [1.29, 1.82) is 0 Å². The van der Waals surface area contributed by atoms with Gasteiger partial charge < -0.3 is 4.90 Å². The number of amides is 1. The van der Waals surface area contributed by atoms with Crippen molar-refractivity contribution in [2.75, 3.05) is 6.54 Å². The number of piperidine rings is 1. The lowest BCUT2D eigenvalue weighted by atomic mass is 9.94. The van der Waals surface area contributed by atoms with E-state index in [0.717, 1.165) is 37.8 Å². The standard InChI is InChI=1S/C19H30N4O/c1-14(2)8-9-16-12-17(22-21-16)19(24)23-11-4-3-7-18(23)15-6-5-10-20-13-15/h5-6,10,13-14,16-18,21-22H,3-4,7-9,11-12H2,1-2H3/t16?,17?,18-/m1/s1. The van der Waals surface area contributed by atoms with Crippen LogP contribution >= 0.6 is 0 Å².